The van der Waals surface area contributed by atoms with Crippen molar-refractivity contribution in [3.05, 3.63) is 30.6 Å². The molecule has 0 aliphatic carbocycles. The molecule has 0 saturated carbocycles. The minimum absolute atomic E-state index is 0.217. The first-order valence-corrected chi connectivity index (χ1v) is 5.71. The van der Waals surface area contributed by atoms with Gasteiger partial charge in [0.1, 0.15) is 18.6 Å². The Kier molecular flexibility index (Phi) is 2.95. The van der Waals surface area contributed by atoms with Crippen molar-refractivity contribution in [2.24, 2.45) is 0 Å². The predicted octanol–water partition coefficient (Wildman–Crippen LogP) is -0.588. The molecule has 0 aromatic carbocycles. The molecule has 3 aromatic rings. The molecule has 0 aliphatic heterocycles. The monoisotopic (exact) mass is 274 g/mol. The Morgan fingerprint density at radius 2 is 2.30 bits per heavy atom. The van der Waals surface area contributed by atoms with Gasteiger partial charge in [-0.3, -0.25) is 9.20 Å². The molecule has 20 heavy (non-hydrogen) atoms. The molecule has 0 unspecified atom stereocenters. The zero-order valence-corrected chi connectivity index (χ0v) is 10.2. The molecule has 0 fully saturated rings. The fourth-order valence-corrected chi connectivity index (χ4v) is 1.69. The summed E-state index contributed by atoms with van der Waals surface area (Å²) in [6, 6.07) is 0. The Labute approximate surface area is 112 Å². The lowest BCUT2D eigenvalue weighted by molar-refractivity contribution is -0.137. The molecule has 2 N–H and O–H groups in total. The number of carboxylic acids is 1. The van der Waals surface area contributed by atoms with Crippen molar-refractivity contribution in [3.8, 4) is 0 Å². The van der Waals surface area contributed by atoms with Gasteiger partial charge in [0.25, 0.3) is 0 Å². The van der Waals surface area contributed by atoms with E-state index in [1.807, 2.05) is 0 Å². The summed E-state index contributed by atoms with van der Waals surface area (Å²) in [6.45, 7) is 0.143. The second-order valence-electron chi connectivity index (χ2n) is 3.99. The van der Waals surface area contributed by atoms with E-state index in [9.17, 15) is 4.79 Å². The van der Waals surface area contributed by atoms with Gasteiger partial charge >= 0.3 is 5.97 Å². The van der Waals surface area contributed by atoms with Crippen LogP contribution in [0, 0.1) is 0 Å². The van der Waals surface area contributed by atoms with Crippen LogP contribution in [0.2, 0.25) is 0 Å². The number of carboxylic acid groups (broad SMARTS) is 1. The van der Waals surface area contributed by atoms with E-state index in [1.165, 1.54) is 4.68 Å². The highest BCUT2D eigenvalue weighted by Gasteiger charge is 2.07. The number of fused-ring (bicyclic) bond motifs is 1. The number of nitrogens with zero attached hydrogens (tertiary/aromatic N) is 7. The summed E-state index contributed by atoms with van der Waals surface area (Å²) >= 11 is 0. The van der Waals surface area contributed by atoms with Crippen LogP contribution in [0.1, 0.15) is 5.69 Å². The van der Waals surface area contributed by atoms with E-state index in [0.717, 1.165) is 0 Å². The molecule has 0 aliphatic rings. The van der Waals surface area contributed by atoms with Gasteiger partial charge in [-0.2, -0.15) is 0 Å². The molecule has 0 atom stereocenters. The fraction of sp³-hybridized carbons (Fsp3) is 0.200. The summed E-state index contributed by atoms with van der Waals surface area (Å²) in [5.41, 5.74) is 1.21. The summed E-state index contributed by atoms with van der Waals surface area (Å²) < 4.78 is 2.99. The van der Waals surface area contributed by atoms with Crippen LogP contribution in [0.3, 0.4) is 0 Å². The van der Waals surface area contributed by atoms with Gasteiger partial charge in [-0.05, 0) is 0 Å². The number of hydrogen-bond acceptors (Lipinski definition) is 7. The number of aromatic nitrogens is 7. The third kappa shape index (κ3) is 2.39. The van der Waals surface area contributed by atoms with Crippen molar-refractivity contribution in [2.75, 3.05) is 5.32 Å². The van der Waals surface area contributed by atoms with Crippen LogP contribution in [0.4, 0.5) is 5.82 Å². The van der Waals surface area contributed by atoms with Crippen molar-refractivity contribution in [2.45, 2.75) is 13.1 Å². The molecule has 0 spiro atoms. The summed E-state index contributed by atoms with van der Waals surface area (Å²) in [7, 11) is 0. The van der Waals surface area contributed by atoms with E-state index in [0.29, 0.717) is 23.7 Å². The second-order valence-corrected chi connectivity index (χ2v) is 3.99. The van der Waals surface area contributed by atoms with Gasteiger partial charge in [0.05, 0.1) is 12.7 Å². The molecular weight excluding hydrogens is 264 g/mol. The van der Waals surface area contributed by atoms with Crippen LogP contribution in [-0.4, -0.2) is 45.7 Å². The zero-order chi connectivity index (χ0) is 13.9. The second kappa shape index (κ2) is 4.91. The van der Waals surface area contributed by atoms with E-state index in [1.54, 1.807) is 29.3 Å². The van der Waals surface area contributed by atoms with Crippen LogP contribution >= 0.6 is 0 Å². The van der Waals surface area contributed by atoms with Gasteiger partial charge in [-0.15, -0.1) is 15.3 Å². The van der Waals surface area contributed by atoms with Crippen LogP contribution < -0.4 is 5.32 Å². The Morgan fingerprint density at radius 3 is 3.15 bits per heavy atom. The number of hydrogen-bond donors (Lipinski definition) is 2. The van der Waals surface area contributed by atoms with Gasteiger partial charge in [0.2, 0.25) is 5.65 Å². The van der Waals surface area contributed by atoms with Crippen LogP contribution in [0.25, 0.3) is 5.65 Å². The summed E-state index contributed by atoms with van der Waals surface area (Å²) in [5, 5.41) is 27.0. The van der Waals surface area contributed by atoms with Crippen molar-refractivity contribution < 1.29 is 9.90 Å². The highest BCUT2D eigenvalue weighted by molar-refractivity contribution is 5.66. The maximum Gasteiger partial charge on any atom is 0.325 e. The van der Waals surface area contributed by atoms with Crippen molar-refractivity contribution in [3.63, 3.8) is 0 Å². The average Bonchev–Trinajstić information content (AvgIpc) is 3.04. The standard InChI is InChI=1S/C10H10N8O2/c19-8(20)5-18-4-7(14-16-18)3-12-9-10-15-13-6-17(10)2-1-11-9/h1-2,4,6H,3,5H2,(H,11,12)(H,19,20). The average molecular weight is 274 g/mol. The Hall–Kier alpha value is -3.04. The zero-order valence-electron chi connectivity index (χ0n) is 10.2. The van der Waals surface area contributed by atoms with E-state index in [-0.39, 0.29) is 6.54 Å². The summed E-state index contributed by atoms with van der Waals surface area (Å²) in [5.74, 6) is -0.401. The number of anilines is 1. The number of aliphatic carboxylic acids is 1. The van der Waals surface area contributed by atoms with E-state index < -0.39 is 5.97 Å². The fourth-order valence-electron chi connectivity index (χ4n) is 1.69. The third-order valence-corrected chi connectivity index (χ3v) is 2.54. The largest absolute Gasteiger partial charge is 0.480 e. The molecular formula is C10H10N8O2. The molecule has 3 aromatic heterocycles. The van der Waals surface area contributed by atoms with Crippen LogP contribution in [-0.2, 0) is 17.9 Å². The SMILES string of the molecule is O=C(O)Cn1cc(CNc2nccn3cnnc23)nn1. The lowest BCUT2D eigenvalue weighted by Gasteiger charge is -2.03. The molecule has 10 heteroatoms. The first kappa shape index (κ1) is 12.0. The van der Waals surface area contributed by atoms with Crippen molar-refractivity contribution in [1.82, 2.24) is 34.6 Å². The van der Waals surface area contributed by atoms with Crippen LogP contribution in [0.5, 0.6) is 0 Å². The molecule has 0 bridgehead atoms. The maximum atomic E-state index is 10.5. The number of nitrogens with one attached hydrogen (secondary N) is 1. The van der Waals surface area contributed by atoms with Gasteiger partial charge in [-0.25, -0.2) is 9.67 Å². The van der Waals surface area contributed by atoms with Crippen molar-refractivity contribution >= 4 is 17.4 Å². The molecule has 102 valence electrons. The predicted molar refractivity (Wildman–Crippen MR) is 65.8 cm³/mol. The van der Waals surface area contributed by atoms with E-state index >= 15 is 0 Å². The Balaban J connectivity index is 1.71. The van der Waals surface area contributed by atoms with E-state index in [4.69, 9.17) is 5.11 Å². The lowest BCUT2D eigenvalue weighted by Crippen LogP contribution is -2.09. The minimum atomic E-state index is -0.968. The summed E-state index contributed by atoms with van der Waals surface area (Å²) in [4.78, 5) is 14.7. The third-order valence-electron chi connectivity index (χ3n) is 2.54. The molecule has 3 rings (SSSR count). The smallest absolute Gasteiger partial charge is 0.325 e. The minimum Gasteiger partial charge on any atom is -0.480 e. The molecule has 0 amide bonds. The molecule has 0 radical (unpaired) electrons. The lowest BCUT2D eigenvalue weighted by atomic mass is 10.4. The van der Waals surface area contributed by atoms with Gasteiger partial charge in [0.15, 0.2) is 5.82 Å². The first-order chi connectivity index (χ1) is 9.72. The first-order valence-electron chi connectivity index (χ1n) is 5.71. The molecule has 3 heterocycles. The van der Waals surface area contributed by atoms with Crippen molar-refractivity contribution in [1.29, 1.82) is 0 Å². The highest BCUT2D eigenvalue weighted by atomic mass is 16.4. The number of carbonyl (C=O) groups is 1. The van der Waals surface area contributed by atoms with Crippen LogP contribution in [0.15, 0.2) is 24.9 Å². The summed E-state index contributed by atoms with van der Waals surface area (Å²) in [6.07, 6.45) is 6.50. The number of rotatable bonds is 5. The quantitative estimate of drug-likeness (QED) is 0.633. The van der Waals surface area contributed by atoms with Gasteiger partial charge < -0.3 is 10.4 Å². The maximum absolute atomic E-state index is 10.5. The highest BCUT2D eigenvalue weighted by Crippen LogP contribution is 2.10. The molecule has 10 nitrogen and oxygen atoms in total. The normalized spacial score (nSPS) is 10.8. The van der Waals surface area contributed by atoms with E-state index in [2.05, 4.69) is 30.8 Å². The van der Waals surface area contributed by atoms with Gasteiger partial charge in [0, 0.05) is 12.4 Å². The Bertz CT molecular complexity index is 748. The molecule has 0 saturated heterocycles. The Morgan fingerprint density at radius 1 is 1.40 bits per heavy atom. The topological polar surface area (TPSA) is 123 Å². The van der Waals surface area contributed by atoms with Gasteiger partial charge in [-0.1, -0.05) is 5.21 Å².